The predicted molar refractivity (Wildman–Crippen MR) is 16.2 cm³/mol. The van der Waals surface area contributed by atoms with E-state index >= 15 is 0 Å². The molecule has 0 aromatic carbocycles. The minimum absolute atomic E-state index is 0.583. The van der Waals surface area contributed by atoms with Crippen LogP contribution in [0.2, 0.25) is 0 Å². The van der Waals surface area contributed by atoms with E-state index in [1.165, 1.54) is 0 Å². The molecule has 32 valence electrons. The molecular weight excluding hydrogens is 73.0 g/mol. The Balaban J connectivity index is 2.54. The van der Waals surface area contributed by atoms with Crippen molar-refractivity contribution >= 4 is 0 Å². The van der Waals surface area contributed by atoms with Crippen LogP contribution in [-0.2, 0) is 0 Å². The third kappa shape index (κ3) is 3.85. The molecule has 0 saturated carbocycles. The highest BCUT2D eigenvalue weighted by Gasteiger charge is 1.86. The normalized spacial score (nSPS) is 15.0. The van der Waals surface area contributed by atoms with Gasteiger partial charge in [-0.2, -0.15) is 0 Å². The van der Waals surface area contributed by atoms with Crippen LogP contribution in [0.25, 0.3) is 0 Å². The lowest BCUT2D eigenvalue weighted by Crippen LogP contribution is -2.16. The molecule has 3 N–H and O–H groups in total. The van der Waals surface area contributed by atoms with Gasteiger partial charge in [-0.25, -0.2) is 4.39 Å². The van der Waals surface area contributed by atoms with E-state index in [0.717, 1.165) is 0 Å². The molecule has 1 unspecified atom stereocenters. The van der Waals surface area contributed by atoms with Gasteiger partial charge in [-0.1, -0.05) is 0 Å². The first-order valence-electron chi connectivity index (χ1n) is 1.28. The third-order valence-corrected chi connectivity index (χ3v) is 0.174. The highest BCUT2D eigenvalue weighted by molar-refractivity contribution is 4.32. The molecule has 0 aromatic rings. The van der Waals surface area contributed by atoms with Crippen LogP contribution in [-0.4, -0.2) is 18.0 Å². The molecule has 0 aliphatic rings. The first kappa shape index (κ1) is 4.85. The summed E-state index contributed by atoms with van der Waals surface area (Å²) in [5, 5.41) is 7.64. The second-order valence-corrected chi connectivity index (χ2v) is 0.699. The molecule has 5 heavy (non-hydrogen) atoms. The molecule has 0 fully saturated rings. The minimum Gasteiger partial charge on any atom is -0.392 e. The van der Waals surface area contributed by atoms with Gasteiger partial charge in [-0.15, -0.1) is 0 Å². The Bertz CT molecular complexity index is 23.6. The molecule has 0 aliphatic heterocycles. The standard InChI is InChI=1S/C2H6FNO/c3-2(4)1-5/h2,5H,1,4H2. The van der Waals surface area contributed by atoms with Gasteiger partial charge in [-0.05, 0) is 0 Å². The fraction of sp³-hybridized carbons (Fsp3) is 1.00. The summed E-state index contributed by atoms with van der Waals surface area (Å²) in [6.07, 6.45) is -1.56. The Morgan fingerprint density at radius 3 is 2.20 bits per heavy atom. The van der Waals surface area contributed by atoms with Crippen molar-refractivity contribution in [2.45, 2.75) is 6.30 Å². The van der Waals surface area contributed by atoms with Gasteiger partial charge in [0, 0.05) is 0 Å². The summed E-state index contributed by atoms with van der Waals surface area (Å²) in [7, 11) is 0. The molecule has 0 amide bonds. The van der Waals surface area contributed by atoms with Gasteiger partial charge in [-0.3, -0.25) is 5.73 Å². The van der Waals surface area contributed by atoms with Crippen molar-refractivity contribution in [3.63, 3.8) is 0 Å². The smallest absolute Gasteiger partial charge is 0.171 e. The summed E-state index contributed by atoms with van der Waals surface area (Å²) >= 11 is 0. The highest BCUT2D eigenvalue weighted by Crippen LogP contribution is 1.68. The summed E-state index contributed by atoms with van der Waals surface area (Å²) in [6.45, 7) is -0.583. The van der Waals surface area contributed by atoms with Crippen LogP contribution in [0, 0.1) is 0 Å². The zero-order valence-electron chi connectivity index (χ0n) is 2.69. The van der Waals surface area contributed by atoms with E-state index < -0.39 is 12.9 Å². The fourth-order valence-corrected chi connectivity index (χ4v) is 0. The maximum absolute atomic E-state index is 11.0. The van der Waals surface area contributed by atoms with Crippen LogP contribution in [0.3, 0.4) is 0 Å². The molecule has 0 spiro atoms. The van der Waals surface area contributed by atoms with E-state index in [-0.39, 0.29) is 0 Å². The molecule has 2 nitrogen and oxygen atoms in total. The molecular formula is C2H6FNO. The van der Waals surface area contributed by atoms with Gasteiger partial charge < -0.3 is 5.11 Å². The Labute approximate surface area is 29.4 Å². The lowest BCUT2D eigenvalue weighted by Gasteiger charge is -1.86. The summed E-state index contributed by atoms with van der Waals surface area (Å²) in [5.41, 5.74) is 4.38. The molecule has 0 rings (SSSR count). The second kappa shape index (κ2) is 2.11. The highest BCUT2D eigenvalue weighted by atomic mass is 19.1. The average Bonchev–Trinajstić information content (AvgIpc) is 1.38. The van der Waals surface area contributed by atoms with Crippen molar-refractivity contribution in [2.24, 2.45) is 5.73 Å². The quantitative estimate of drug-likeness (QED) is 0.405. The third-order valence-electron chi connectivity index (χ3n) is 0.174. The summed E-state index contributed by atoms with van der Waals surface area (Å²) in [4.78, 5) is 0. The van der Waals surface area contributed by atoms with Gasteiger partial charge >= 0.3 is 0 Å². The van der Waals surface area contributed by atoms with Crippen LogP contribution in [0.5, 0.6) is 0 Å². The van der Waals surface area contributed by atoms with Crippen molar-refractivity contribution in [3.05, 3.63) is 0 Å². The first-order valence-corrected chi connectivity index (χ1v) is 1.28. The van der Waals surface area contributed by atoms with Crippen molar-refractivity contribution in [2.75, 3.05) is 6.61 Å². The van der Waals surface area contributed by atoms with Gasteiger partial charge in [0.15, 0.2) is 6.30 Å². The molecule has 0 bridgehead atoms. The van der Waals surface area contributed by atoms with E-state index in [9.17, 15) is 4.39 Å². The molecule has 0 saturated heterocycles. The number of aliphatic hydroxyl groups excluding tert-OH is 1. The zero-order valence-corrected chi connectivity index (χ0v) is 2.69. The second-order valence-electron chi connectivity index (χ2n) is 0.699. The summed E-state index contributed by atoms with van der Waals surface area (Å²) in [6, 6.07) is 0. The van der Waals surface area contributed by atoms with Crippen LogP contribution in [0.1, 0.15) is 0 Å². The van der Waals surface area contributed by atoms with Crippen molar-refractivity contribution in [1.82, 2.24) is 0 Å². The number of rotatable bonds is 1. The fourth-order valence-electron chi connectivity index (χ4n) is 0. The average molecular weight is 79.1 g/mol. The van der Waals surface area contributed by atoms with E-state index in [4.69, 9.17) is 5.11 Å². The number of hydrogen-bond donors (Lipinski definition) is 2. The maximum atomic E-state index is 11.0. The Morgan fingerprint density at radius 2 is 2.20 bits per heavy atom. The lowest BCUT2D eigenvalue weighted by atomic mass is 10.7. The molecule has 3 heteroatoms. The number of hydrogen-bond acceptors (Lipinski definition) is 2. The predicted octanol–water partition coefficient (Wildman–Crippen LogP) is -0.767. The number of alkyl halides is 1. The number of nitrogens with two attached hydrogens (primary N) is 1. The zero-order chi connectivity index (χ0) is 4.28. The SMILES string of the molecule is NC(F)CO. The number of aliphatic hydroxyl groups is 1. The van der Waals surface area contributed by atoms with E-state index in [2.05, 4.69) is 5.73 Å². The van der Waals surface area contributed by atoms with E-state index in [0.29, 0.717) is 0 Å². The minimum atomic E-state index is -1.56. The number of halogens is 1. The Kier molecular flexibility index (Phi) is 2.05. The van der Waals surface area contributed by atoms with Gasteiger partial charge in [0.2, 0.25) is 0 Å². The van der Waals surface area contributed by atoms with Crippen molar-refractivity contribution in [1.29, 1.82) is 0 Å². The molecule has 1 atom stereocenters. The van der Waals surface area contributed by atoms with E-state index in [1.54, 1.807) is 0 Å². The Hall–Kier alpha value is -0.150. The topological polar surface area (TPSA) is 46.2 Å². The Morgan fingerprint density at radius 1 is 2.00 bits per heavy atom. The van der Waals surface area contributed by atoms with Gasteiger partial charge in [0.25, 0.3) is 0 Å². The molecule has 0 radical (unpaired) electrons. The van der Waals surface area contributed by atoms with Crippen LogP contribution in [0.15, 0.2) is 0 Å². The van der Waals surface area contributed by atoms with Gasteiger partial charge in [0.1, 0.15) is 0 Å². The van der Waals surface area contributed by atoms with Crippen molar-refractivity contribution in [3.8, 4) is 0 Å². The summed E-state index contributed by atoms with van der Waals surface area (Å²) < 4.78 is 11.0. The lowest BCUT2D eigenvalue weighted by molar-refractivity contribution is 0.183. The first-order chi connectivity index (χ1) is 2.27. The maximum Gasteiger partial charge on any atom is 0.171 e. The van der Waals surface area contributed by atoms with E-state index in [1.807, 2.05) is 0 Å². The van der Waals surface area contributed by atoms with Crippen molar-refractivity contribution < 1.29 is 9.50 Å². The largest absolute Gasteiger partial charge is 0.392 e. The van der Waals surface area contributed by atoms with Crippen LogP contribution >= 0.6 is 0 Å². The van der Waals surface area contributed by atoms with Crippen LogP contribution < -0.4 is 5.73 Å². The van der Waals surface area contributed by atoms with Crippen LogP contribution in [0.4, 0.5) is 4.39 Å². The molecule has 0 aliphatic carbocycles. The molecule has 0 heterocycles. The molecule has 0 aromatic heterocycles. The summed E-state index contributed by atoms with van der Waals surface area (Å²) in [5.74, 6) is 0. The monoisotopic (exact) mass is 79.0 g/mol. The van der Waals surface area contributed by atoms with Gasteiger partial charge in [0.05, 0.1) is 6.61 Å².